The fourth-order valence-electron chi connectivity index (χ4n) is 2.59. The minimum atomic E-state index is -1.17. The molecule has 1 aliphatic heterocycles. The largest absolute Gasteiger partial charge is 0.399 e. The minimum absolute atomic E-state index is 0.332. The maximum absolute atomic E-state index is 13.2. The molecule has 0 aliphatic carbocycles. The van der Waals surface area contributed by atoms with Crippen LogP contribution >= 0.6 is 0 Å². The Morgan fingerprint density at radius 3 is 2.89 bits per heavy atom. The van der Waals surface area contributed by atoms with E-state index in [0.717, 1.165) is 13.0 Å². The summed E-state index contributed by atoms with van der Waals surface area (Å²) >= 11 is 0. The third-order valence-electron chi connectivity index (χ3n) is 3.71. The second-order valence-electron chi connectivity index (χ2n) is 5.19. The predicted octanol–water partition coefficient (Wildman–Crippen LogP) is 2.39. The Balaban J connectivity index is 1.93. The molecule has 0 spiro atoms. The molecule has 0 saturated carbocycles. The number of hydrogen-bond acceptors (Lipinski definition) is 3. The molecule has 2 atom stereocenters. The van der Waals surface area contributed by atoms with E-state index in [1.54, 1.807) is 6.07 Å². The van der Waals surface area contributed by atoms with Crippen LogP contribution in [0.1, 0.15) is 25.7 Å². The van der Waals surface area contributed by atoms with Crippen LogP contribution in [0.3, 0.4) is 0 Å². The summed E-state index contributed by atoms with van der Waals surface area (Å²) < 4.78 is 25.4. The molecule has 0 amide bonds. The van der Waals surface area contributed by atoms with E-state index >= 15 is 0 Å². The van der Waals surface area contributed by atoms with Gasteiger partial charge < -0.3 is 10.6 Å². The first-order valence-electron chi connectivity index (χ1n) is 6.71. The van der Waals surface area contributed by atoms with Gasteiger partial charge in [0.1, 0.15) is 5.82 Å². The molecule has 0 aromatic heterocycles. The van der Waals surface area contributed by atoms with Gasteiger partial charge in [0, 0.05) is 22.4 Å². The number of anilines is 1. The molecule has 1 saturated heterocycles. The van der Waals surface area contributed by atoms with E-state index < -0.39 is 16.6 Å². The SMILES string of the molecule is CN1CCCCC1CCS(=O)c1cc(N)cc(F)c1. The molecule has 1 aliphatic rings. The van der Waals surface area contributed by atoms with Crippen LogP contribution in [0.2, 0.25) is 0 Å². The van der Waals surface area contributed by atoms with Gasteiger partial charge in [-0.25, -0.2) is 4.39 Å². The van der Waals surface area contributed by atoms with Crippen molar-refractivity contribution in [3.63, 3.8) is 0 Å². The highest BCUT2D eigenvalue weighted by Crippen LogP contribution is 2.20. The number of nitrogen functional groups attached to an aromatic ring is 1. The molecule has 3 nitrogen and oxygen atoms in total. The summed E-state index contributed by atoms with van der Waals surface area (Å²) in [5.74, 6) is 0.149. The van der Waals surface area contributed by atoms with Gasteiger partial charge in [-0.1, -0.05) is 6.42 Å². The zero-order valence-electron chi connectivity index (χ0n) is 11.3. The van der Waals surface area contributed by atoms with Crippen molar-refractivity contribution in [1.29, 1.82) is 0 Å². The highest BCUT2D eigenvalue weighted by molar-refractivity contribution is 7.85. The molecule has 2 rings (SSSR count). The van der Waals surface area contributed by atoms with E-state index in [0.29, 0.717) is 22.4 Å². The number of piperidine rings is 1. The highest BCUT2D eigenvalue weighted by Gasteiger charge is 2.19. The number of benzene rings is 1. The van der Waals surface area contributed by atoms with E-state index in [-0.39, 0.29) is 0 Å². The average molecular weight is 284 g/mol. The Morgan fingerprint density at radius 2 is 2.21 bits per heavy atom. The van der Waals surface area contributed by atoms with Gasteiger partial charge in [-0.3, -0.25) is 4.21 Å². The molecule has 1 aromatic carbocycles. The smallest absolute Gasteiger partial charge is 0.126 e. The van der Waals surface area contributed by atoms with Crippen molar-refractivity contribution in [3.05, 3.63) is 24.0 Å². The third kappa shape index (κ3) is 4.01. The molecule has 5 heteroatoms. The topological polar surface area (TPSA) is 46.3 Å². The second kappa shape index (κ2) is 6.48. The lowest BCUT2D eigenvalue weighted by atomic mass is 10.0. The van der Waals surface area contributed by atoms with Gasteiger partial charge in [-0.05, 0) is 51.1 Å². The normalized spacial score (nSPS) is 22.3. The van der Waals surface area contributed by atoms with E-state index in [9.17, 15) is 8.60 Å². The van der Waals surface area contributed by atoms with Crippen molar-refractivity contribution < 1.29 is 8.60 Å². The number of likely N-dealkylation sites (tertiary alicyclic amines) is 1. The molecule has 1 fully saturated rings. The lowest BCUT2D eigenvalue weighted by molar-refractivity contribution is 0.182. The standard InChI is InChI=1S/C14H21FN2OS/c1-17-6-3-2-4-13(17)5-7-19(18)14-9-11(15)8-12(16)10-14/h8-10,13H,2-7,16H2,1H3. The molecule has 19 heavy (non-hydrogen) atoms. The van der Waals surface area contributed by atoms with E-state index in [1.807, 2.05) is 0 Å². The van der Waals surface area contributed by atoms with E-state index in [4.69, 9.17) is 5.73 Å². The quantitative estimate of drug-likeness (QED) is 0.864. The van der Waals surface area contributed by atoms with Gasteiger partial charge in [0.05, 0.1) is 10.8 Å². The number of hydrogen-bond donors (Lipinski definition) is 1. The first kappa shape index (κ1) is 14.5. The van der Waals surface area contributed by atoms with Crippen molar-refractivity contribution in [2.24, 2.45) is 0 Å². The number of rotatable bonds is 4. The Bertz CT molecular complexity index is 447. The van der Waals surface area contributed by atoms with Crippen molar-refractivity contribution in [2.75, 3.05) is 25.1 Å². The fourth-order valence-corrected chi connectivity index (χ4v) is 3.82. The van der Waals surface area contributed by atoms with Crippen molar-refractivity contribution in [2.45, 2.75) is 36.6 Å². The third-order valence-corrected chi connectivity index (χ3v) is 5.08. The predicted molar refractivity (Wildman–Crippen MR) is 77.0 cm³/mol. The molecule has 2 N–H and O–H groups in total. The Kier molecular flexibility index (Phi) is 4.93. The number of halogens is 1. The number of nitrogens with two attached hydrogens (primary N) is 1. The van der Waals surface area contributed by atoms with Crippen LogP contribution in [0.4, 0.5) is 10.1 Å². The molecule has 0 radical (unpaired) electrons. The Morgan fingerprint density at radius 1 is 1.42 bits per heavy atom. The first-order chi connectivity index (χ1) is 9.06. The van der Waals surface area contributed by atoms with Crippen LogP contribution in [-0.4, -0.2) is 34.5 Å². The minimum Gasteiger partial charge on any atom is -0.399 e. The van der Waals surface area contributed by atoms with Crippen LogP contribution in [0, 0.1) is 5.82 Å². The summed E-state index contributed by atoms with van der Waals surface area (Å²) in [6.45, 7) is 1.12. The highest BCUT2D eigenvalue weighted by atomic mass is 32.2. The van der Waals surface area contributed by atoms with Crippen molar-refractivity contribution >= 4 is 16.5 Å². The monoisotopic (exact) mass is 284 g/mol. The lowest BCUT2D eigenvalue weighted by Crippen LogP contribution is -2.37. The van der Waals surface area contributed by atoms with E-state index in [1.165, 1.54) is 31.4 Å². The van der Waals surface area contributed by atoms with Gasteiger partial charge in [-0.2, -0.15) is 0 Å². The molecule has 1 heterocycles. The van der Waals surface area contributed by atoms with Gasteiger partial charge in [-0.15, -0.1) is 0 Å². The first-order valence-corrected chi connectivity index (χ1v) is 8.03. The average Bonchev–Trinajstić information content (AvgIpc) is 2.36. The Hall–Kier alpha value is -0.940. The summed E-state index contributed by atoms with van der Waals surface area (Å²) in [5.41, 5.74) is 5.91. The van der Waals surface area contributed by atoms with Gasteiger partial charge >= 0.3 is 0 Å². The fraction of sp³-hybridized carbons (Fsp3) is 0.571. The Labute approximate surface area is 116 Å². The van der Waals surface area contributed by atoms with Gasteiger partial charge in [0.2, 0.25) is 0 Å². The lowest BCUT2D eigenvalue weighted by Gasteiger charge is -2.32. The molecule has 1 aromatic rings. The molecule has 2 unspecified atom stereocenters. The van der Waals surface area contributed by atoms with Crippen LogP contribution in [0.25, 0.3) is 0 Å². The zero-order valence-corrected chi connectivity index (χ0v) is 12.1. The van der Waals surface area contributed by atoms with Gasteiger partial charge in [0.15, 0.2) is 0 Å². The van der Waals surface area contributed by atoms with Gasteiger partial charge in [0.25, 0.3) is 0 Å². The summed E-state index contributed by atoms with van der Waals surface area (Å²) in [4.78, 5) is 2.83. The molecular weight excluding hydrogens is 263 g/mol. The molecule has 0 bridgehead atoms. The van der Waals surface area contributed by atoms with Crippen LogP contribution in [0.5, 0.6) is 0 Å². The maximum Gasteiger partial charge on any atom is 0.126 e. The van der Waals surface area contributed by atoms with Crippen molar-refractivity contribution in [3.8, 4) is 0 Å². The summed E-state index contributed by atoms with van der Waals surface area (Å²) in [5, 5.41) is 0. The summed E-state index contributed by atoms with van der Waals surface area (Å²) in [6, 6.07) is 4.67. The van der Waals surface area contributed by atoms with Crippen LogP contribution in [-0.2, 0) is 10.8 Å². The molecular formula is C14H21FN2OS. The van der Waals surface area contributed by atoms with Crippen LogP contribution in [0.15, 0.2) is 23.1 Å². The second-order valence-corrected chi connectivity index (χ2v) is 6.76. The van der Waals surface area contributed by atoms with Crippen molar-refractivity contribution in [1.82, 2.24) is 4.90 Å². The summed E-state index contributed by atoms with van der Waals surface area (Å²) in [6.07, 6.45) is 4.55. The maximum atomic E-state index is 13.2. The summed E-state index contributed by atoms with van der Waals surface area (Å²) in [7, 11) is 0.951. The zero-order chi connectivity index (χ0) is 13.8. The molecule has 106 valence electrons. The van der Waals surface area contributed by atoms with E-state index in [2.05, 4.69) is 11.9 Å². The van der Waals surface area contributed by atoms with Crippen LogP contribution < -0.4 is 5.73 Å². The number of nitrogens with zero attached hydrogens (tertiary/aromatic N) is 1.